The number of nitrogens with one attached hydrogen (secondary N) is 3. The highest BCUT2D eigenvalue weighted by molar-refractivity contribution is 7.89. The zero-order valence-corrected chi connectivity index (χ0v) is 15.6. The van der Waals surface area contributed by atoms with E-state index in [-0.39, 0.29) is 16.1 Å². The van der Waals surface area contributed by atoms with Crippen LogP contribution in [0.25, 0.3) is 0 Å². The molecule has 1 amide bonds. The number of rotatable bonds is 3. The Bertz CT molecular complexity index is 1200. The number of hydrogen-bond donors (Lipinski definition) is 3. The number of amides is 1. The fraction of sp³-hybridized carbons (Fsp3) is 0.0500. The van der Waals surface area contributed by atoms with E-state index in [1.54, 1.807) is 30.3 Å². The highest BCUT2D eigenvalue weighted by atomic mass is 32.2. The fourth-order valence-electron chi connectivity index (χ4n) is 2.98. The summed E-state index contributed by atoms with van der Waals surface area (Å²) in [6.45, 7) is 0. The van der Waals surface area contributed by atoms with E-state index in [1.807, 2.05) is 0 Å². The van der Waals surface area contributed by atoms with Crippen LogP contribution < -0.4 is 15.4 Å². The topological polar surface area (TPSA) is 87.3 Å². The van der Waals surface area contributed by atoms with Gasteiger partial charge in [0.05, 0.1) is 5.69 Å². The lowest BCUT2D eigenvalue weighted by atomic mass is 10.1. The summed E-state index contributed by atoms with van der Waals surface area (Å²) in [7, 11) is -3.67. The van der Waals surface area contributed by atoms with E-state index in [0.717, 1.165) is 12.1 Å². The van der Waals surface area contributed by atoms with E-state index in [2.05, 4.69) is 15.4 Å². The average Bonchev–Trinajstić information content (AvgIpc) is 2.70. The minimum absolute atomic E-state index is 0.122. The lowest BCUT2D eigenvalue weighted by Crippen LogP contribution is -2.38. The van der Waals surface area contributed by atoms with Crippen LogP contribution in [-0.4, -0.2) is 14.3 Å². The Morgan fingerprint density at radius 3 is 2.38 bits per heavy atom. The molecule has 1 aliphatic rings. The first-order valence-electron chi connectivity index (χ1n) is 8.58. The molecule has 0 radical (unpaired) electrons. The van der Waals surface area contributed by atoms with Gasteiger partial charge in [-0.3, -0.25) is 4.79 Å². The second kappa shape index (κ2) is 7.26. The van der Waals surface area contributed by atoms with Gasteiger partial charge in [0.25, 0.3) is 5.91 Å². The van der Waals surface area contributed by atoms with Crippen LogP contribution in [0.15, 0.2) is 71.6 Å². The second-order valence-electron chi connectivity index (χ2n) is 6.40. The van der Waals surface area contributed by atoms with Crippen molar-refractivity contribution in [2.45, 2.75) is 11.1 Å². The first-order chi connectivity index (χ1) is 13.8. The van der Waals surface area contributed by atoms with Crippen LogP contribution in [0.3, 0.4) is 0 Å². The Morgan fingerprint density at radius 1 is 0.931 bits per heavy atom. The zero-order valence-electron chi connectivity index (χ0n) is 14.8. The summed E-state index contributed by atoms with van der Waals surface area (Å²) in [5.74, 6) is -2.57. The molecule has 9 heteroatoms. The van der Waals surface area contributed by atoms with E-state index < -0.39 is 33.7 Å². The van der Waals surface area contributed by atoms with Crippen molar-refractivity contribution in [2.24, 2.45) is 0 Å². The molecule has 1 unspecified atom stereocenters. The molecule has 3 aromatic rings. The number of halogens is 2. The van der Waals surface area contributed by atoms with Gasteiger partial charge in [-0.25, -0.2) is 17.2 Å². The van der Waals surface area contributed by atoms with Crippen LogP contribution in [0.5, 0.6) is 0 Å². The molecule has 0 bridgehead atoms. The third-order valence-electron chi connectivity index (χ3n) is 4.43. The van der Waals surface area contributed by atoms with Crippen molar-refractivity contribution in [3.05, 3.63) is 89.5 Å². The van der Waals surface area contributed by atoms with Gasteiger partial charge in [0.2, 0.25) is 10.0 Å². The summed E-state index contributed by atoms with van der Waals surface area (Å²) in [4.78, 5) is 12.5. The molecular weight excluding hydrogens is 400 g/mol. The van der Waals surface area contributed by atoms with Crippen molar-refractivity contribution >= 4 is 27.3 Å². The molecule has 148 valence electrons. The number of para-hydroxylation sites is 1. The van der Waals surface area contributed by atoms with Gasteiger partial charge >= 0.3 is 0 Å². The van der Waals surface area contributed by atoms with E-state index in [9.17, 15) is 22.0 Å². The molecule has 0 saturated heterocycles. The van der Waals surface area contributed by atoms with E-state index in [1.165, 1.54) is 24.3 Å². The number of hydrogen-bond acceptors (Lipinski definition) is 4. The van der Waals surface area contributed by atoms with Crippen molar-refractivity contribution < 1.29 is 22.0 Å². The average molecular weight is 415 g/mol. The maximum absolute atomic E-state index is 13.3. The van der Waals surface area contributed by atoms with Crippen LogP contribution in [0.2, 0.25) is 0 Å². The van der Waals surface area contributed by atoms with Gasteiger partial charge in [-0.15, -0.1) is 0 Å². The molecule has 3 aromatic carbocycles. The molecule has 4 rings (SSSR count). The summed E-state index contributed by atoms with van der Waals surface area (Å²) in [6, 6.07) is 15.9. The van der Waals surface area contributed by atoms with Gasteiger partial charge in [-0.05, 0) is 42.0 Å². The Balaban J connectivity index is 1.52. The predicted octanol–water partition coefficient (Wildman–Crippen LogP) is 3.62. The zero-order chi connectivity index (χ0) is 20.6. The van der Waals surface area contributed by atoms with Crippen LogP contribution in [0, 0.1) is 11.6 Å². The largest absolute Gasteiger partial charge is 0.364 e. The molecule has 1 heterocycles. The van der Waals surface area contributed by atoms with Crippen molar-refractivity contribution in [2.75, 3.05) is 10.6 Å². The maximum Gasteiger partial charge on any atom is 0.255 e. The second-order valence-corrected chi connectivity index (χ2v) is 8.08. The molecule has 0 aromatic heterocycles. The standard InChI is InChI=1S/C20H15F2N3O3S/c21-15-10-9-14(11-16(15)22)23-20(26)13-7-5-12(6-8-13)19-24-17-3-1-2-4-18(17)29(27,28)25-19/h1-11,19,24-25H,(H,23,26). The van der Waals surface area contributed by atoms with E-state index >= 15 is 0 Å². The van der Waals surface area contributed by atoms with Crippen molar-refractivity contribution in [3.8, 4) is 0 Å². The van der Waals surface area contributed by atoms with Gasteiger partial charge < -0.3 is 10.6 Å². The Morgan fingerprint density at radius 2 is 1.66 bits per heavy atom. The van der Waals surface area contributed by atoms with Gasteiger partial charge in [-0.1, -0.05) is 24.3 Å². The molecule has 6 nitrogen and oxygen atoms in total. The summed E-state index contributed by atoms with van der Waals surface area (Å²) in [5, 5.41) is 5.58. The van der Waals surface area contributed by atoms with Crippen LogP contribution in [0.4, 0.5) is 20.2 Å². The molecule has 29 heavy (non-hydrogen) atoms. The van der Waals surface area contributed by atoms with E-state index in [4.69, 9.17) is 0 Å². The van der Waals surface area contributed by atoms with Crippen molar-refractivity contribution in [1.29, 1.82) is 0 Å². The highest BCUT2D eigenvalue weighted by Crippen LogP contribution is 2.30. The minimum Gasteiger partial charge on any atom is -0.364 e. The number of carbonyl (C=O) groups is 1. The monoisotopic (exact) mass is 415 g/mol. The highest BCUT2D eigenvalue weighted by Gasteiger charge is 2.29. The number of carbonyl (C=O) groups excluding carboxylic acids is 1. The molecule has 3 N–H and O–H groups in total. The number of fused-ring (bicyclic) bond motifs is 1. The first kappa shape index (κ1) is 19.0. The van der Waals surface area contributed by atoms with Crippen LogP contribution >= 0.6 is 0 Å². The van der Waals surface area contributed by atoms with Crippen LogP contribution in [0.1, 0.15) is 22.1 Å². The quantitative estimate of drug-likeness (QED) is 0.610. The summed E-state index contributed by atoms with van der Waals surface area (Å²) in [5.41, 5.74) is 1.48. The maximum atomic E-state index is 13.3. The molecule has 0 fully saturated rings. The third-order valence-corrected chi connectivity index (χ3v) is 5.91. The predicted molar refractivity (Wildman–Crippen MR) is 104 cm³/mol. The van der Waals surface area contributed by atoms with E-state index in [0.29, 0.717) is 11.3 Å². The Labute approximate surface area is 165 Å². The van der Waals surface area contributed by atoms with Crippen LogP contribution in [-0.2, 0) is 10.0 Å². The van der Waals surface area contributed by atoms with Crippen molar-refractivity contribution in [3.63, 3.8) is 0 Å². The molecule has 0 aliphatic carbocycles. The van der Waals surface area contributed by atoms with Gasteiger partial charge in [-0.2, -0.15) is 4.72 Å². The molecule has 1 aliphatic heterocycles. The number of benzene rings is 3. The van der Waals surface area contributed by atoms with Gasteiger partial charge in [0, 0.05) is 17.3 Å². The molecule has 0 spiro atoms. The Kier molecular flexibility index (Phi) is 4.77. The minimum atomic E-state index is -3.67. The smallest absolute Gasteiger partial charge is 0.255 e. The van der Waals surface area contributed by atoms with Gasteiger partial charge in [0.1, 0.15) is 11.1 Å². The summed E-state index contributed by atoms with van der Waals surface area (Å²) < 4.78 is 53.6. The first-order valence-corrected chi connectivity index (χ1v) is 10.1. The molecular formula is C20H15F2N3O3S. The lowest BCUT2D eigenvalue weighted by Gasteiger charge is -2.28. The number of anilines is 2. The SMILES string of the molecule is O=C(Nc1ccc(F)c(F)c1)c1ccc(C2Nc3ccccc3S(=O)(=O)N2)cc1. The fourth-order valence-corrected chi connectivity index (χ4v) is 4.29. The lowest BCUT2D eigenvalue weighted by molar-refractivity contribution is 0.102. The number of sulfonamides is 1. The Hall–Kier alpha value is -3.30. The molecule has 1 atom stereocenters. The summed E-state index contributed by atoms with van der Waals surface area (Å²) in [6.07, 6.45) is -0.696. The third kappa shape index (κ3) is 3.82. The molecule has 0 saturated carbocycles. The van der Waals surface area contributed by atoms with Gasteiger partial charge in [0.15, 0.2) is 11.6 Å². The van der Waals surface area contributed by atoms with Crippen molar-refractivity contribution in [1.82, 2.24) is 4.72 Å². The normalized spacial score (nSPS) is 17.1. The summed E-state index contributed by atoms with van der Waals surface area (Å²) >= 11 is 0.